The van der Waals surface area contributed by atoms with E-state index in [1.807, 2.05) is 25.1 Å². The molecule has 0 radical (unpaired) electrons. The summed E-state index contributed by atoms with van der Waals surface area (Å²) in [4.78, 5) is 24.5. The number of aryl methyl sites for hydroxylation is 1. The predicted octanol–water partition coefficient (Wildman–Crippen LogP) is 4.50. The summed E-state index contributed by atoms with van der Waals surface area (Å²) in [6.45, 7) is 1.99. The molecular formula is C18H20ClNO2S. The van der Waals surface area contributed by atoms with Crippen molar-refractivity contribution in [1.29, 1.82) is 0 Å². The van der Waals surface area contributed by atoms with Crippen molar-refractivity contribution in [3.8, 4) is 0 Å². The van der Waals surface area contributed by atoms with Gasteiger partial charge in [-0.05, 0) is 37.5 Å². The first kappa shape index (κ1) is 17.7. The lowest BCUT2D eigenvalue weighted by Gasteiger charge is -2.13. The molecule has 1 amide bonds. The number of amides is 1. The number of Topliss-reactive ketones (excluding diaryl/α,β-unsaturated/α-hetero) is 1. The van der Waals surface area contributed by atoms with Gasteiger partial charge in [0.1, 0.15) is 0 Å². The van der Waals surface area contributed by atoms with Gasteiger partial charge in [0, 0.05) is 18.9 Å². The Morgan fingerprint density at radius 2 is 1.87 bits per heavy atom. The summed E-state index contributed by atoms with van der Waals surface area (Å²) in [7, 11) is 0. The summed E-state index contributed by atoms with van der Waals surface area (Å²) in [5.74, 6) is -0.115. The van der Waals surface area contributed by atoms with Crippen LogP contribution in [0.5, 0.6) is 0 Å². The molecule has 1 heterocycles. The van der Waals surface area contributed by atoms with E-state index >= 15 is 0 Å². The van der Waals surface area contributed by atoms with Crippen LogP contribution in [0.15, 0.2) is 42.5 Å². The zero-order valence-corrected chi connectivity index (χ0v) is 14.6. The van der Waals surface area contributed by atoms with Gasteiger partial charge in [-0.25, -0.2) is 0 Å². The molecule has 1 unspecified atom stereocenters. The van der Waals surface area contributed by atoms with Crippen molar-refractivity contribution in [2.75, 3.05) is 0 Å². The van der Waals surface area contributed by atoms with Gasteiger partial charge in [-0.1, -0.05) is 41.9 Å². The monoisotopic (exact) mass is 349 g/mol. The maximum Gasteiger partial charge on any atom is 0.220 e. The number of hydrogen-bond acceptors (Lipinski definition) is 3. The lowest BCUT2D eigenvalue weighted by atomic mass is 10.1. The topological polar surface area (TPSA) is 46.2 Å². The number of thiophene rings is 1. The van der Waals surface area contributed by atoms with Crippen LogP contribution in [0, 0.1) is 0 Å². The summed E-state index contributed by atoms with van der Waals surface area (Å²) >= 11 is 7.06. The van der Waals surface area contributed by atoms with Crippen LogP contribution >= 0.6 is 22.9 Å². The first-order valence-electron chi connectivity index (χ1n) is 7.66. The Morgan fingerprint density at radius 3 is 2.52 bits per heavy atom. The lowest BCUT2D eigenvalue weighted by Crippen LogP contribution is -2.33. The number of carbonyl (C=O) groups excluding carboxylic acids is 2. The van der Waals surface area contributed by atoms with E-state index in [1.54, 1.807) is 12.1 Å². The maximum absolute atomic E-state index is 11.9. The minimum Gasteiger partial charge on any atom is -0.354 e. The van der Waals surface area contributed by atoms with Gasteiger partial charge in [0.15, 0.2) is 5.78 Å². The number of rotatable bonds is 8. The van der Waals surface area contributed by atoms with Gasteiger partial charge >= 0.3 is 0 Å². The number of ketones is 1. The molecule has 122 valence electrons. The molecule has 5 heteroatoms. The highest BCUT2D eigenvalue weighted by Gasteiger charge is 2.13. The van der Waals surface area contributed by atoms with Crippen LogP contribution in [0.2, 0.25) is 4.34 Å². The Balaban J connectivity index is 1.68. The fourth-order valence-electron chi connectivity index (χ4n) is 2.26. The fourth-order valence-corrected chi connectivity index (χ4v) is 3.27. The van der Waals surface area contributed by atoms with Crippen molar-refractivity contribution in [2.24, 2.45) is 0 Å². The number of nitrogens with one attached hydrogen (secondary N) is 1. The smallest absolute Gasteiger partial charge is 0.220 e. The Bertz CT molecular complexity index is 654. The normalized spacial score (nSPS) is 11.9. The molecule has 23 heavy (non-hydrogen) atoms. The molecule has 1 N–H and O–H groups in total. The van der Waals surface area contributed by atoms with E-state index in [1.165, 1.54) is 16.9 Å². The highest BCUT2D eigenvalue weighted by molar-refractivity contribution is 7.18. The molecule has 1 aromatic heterocycles. The van der Waals surface area contributed by atoms with Crippen LogP contribution in [0.3, 0.4) is 0 Å². The van der Waals surface area contributed by atoms with Crippen LogP contribution in [-0.2, 0) is 11.2 Å². The number of hydrogen-bond donors (Lipinski definition) is 1. The number of halogens is 1. The van der Waals surface area contributed by atoms with Crippen LogP contribution in [0.1, 0.15) is 41.4 Å². The van der Waals surface area contributed by atoms with Gasteiger partial charge in [0.05, 0.1) is 9.21 Å². The minimum atomic E-state index is -0.0819. The van der Waals surface area contributed by atoms with E-state index in [-0.39, 0.29) is 30.6 Å². The van der Waals surface area contributed by atoms with Crippen molar-refractivity contribution < 1.29 is 9.59 Å². The van der Waals surface area contributed by atoms with Crippen molar-refractivity contribution in [2.45, 2.75) is 38.6 Å². The van der Waals surface area contributed by atoms with E-state index in [9.17, 15) is 9.59 Å². The van der Waals surface area contributed by atoms with Crippen LogP contribution in [0.4, 0.5) is 0 Å². The molecule has 3 nitrogen and oxygen atoms in total. The van der Waals surface area contributed by atoms with Gasteiger partial charge < -0.3 is 5.32 Å². The van der Waals surface area contributed by atoms with Crippen LogP contribution < -0.4 is 5.32 Å². The third-order valence-corrected chi connectivity index (χ3v) is 4.82. The maximum atomic E-state index is 11.9. The molecule has 0 fully saturated rings. The van der Waals surface area contributed by atoms with Gasteiger partial charge in [0.2, 0.25) is 5.91 Å². The Kier molecular flexibility index (Phi) is 6.81. The molecule has 1 atom stereocenters. The number of benzene rings is 1. The first-order chi connectivity index (χ1) is 11.0. The second kappa shape index (κ2) is 8.85. The Morgan fingerprint density at radius 1 is 1.13 bits per heavy atom. The van der Waals surface area contributed by atoms with Gasteiger partial charge in [0.25, 0.3) is 0 Å². The third kappa shape index (κ3) is 6.16. The molecule has 0 saturated carbocycles. The van der Waals surface area contributed by atoms with Crippen LogP contribution in [-0.4, -0.2) is 17.7 Å². The first-order valence-corrected chi connectivity index (χ1v) is 8.86. The molecule has 0 saturated heterocycles. The van der Waals surface area contributed by atoms with E-state index in [4.69, 9.17) is 11.6 Å². The van der Waals surface area contributed by atoms with Gasteiger partial charge in [-0.3, -0.25) is 9.59 Å². The third-order valence-electron chi connectivity index (χ3n) is 3.54. The molecule has 0 aliphatic carbocycles. The largest absolute Gasteiger partial charge is 0.354 e. The molecular weight excluding hydrogens is 330 g/mol. The second-order valence-corrected chi connectivity index (χ2v) is 7.23. The average molecular weight is 350 g/mol. The molecule has 2 rings (SSSR count). The van der Waals surface area contributed by atoms with Crippen molar-refractivity contribution >= 4 is 34.6 Å². The summed E-state index contributed by atoms with van der Waals surface area (Å²) in [5, 5.41) is 2.95. The highest BCUT2D eigenvalue weighted by atomic mass is 35.5. The van der Waals surface area contributed by atoms with Crippen molar-refractivity contribution in [3.63, 3.8) is 0 Å². The summed E-state index contributed by atoms with van der Waals surface area (Å²) in [5.41, 5.74) is 1.26. The summed E-state index contributed by atoms with van der Waals surface area (Å²) in [6, 6.07) is 13.7. The molecule has 1 aromatic carbocycles. The SMILES string of the molecule is CC(CCc1ccccc1)NC(=O)CCC(=O)c1ccc(Cl)s1. The molecule has 2 aromatic rings. The van der Waals surface area contributed by atoms with Crippen molar-refractivity contribution in [3.05, 3.63) is 57.2 Å². The lowest BCUT2D eigenvalue weighted by molar-refractivity contribution is -0.121. The van der Waals surface area contributed by atoms with E-state index < -0.39 is 0 Å². The fraction of sp³-hybridized carbons (Fsp3) is 0.333. The predicted molar refractivity (Wildman–Crippen MR) is 95.3 cm³/mol. The molecule has 0 aliphatic rings. The summed E-state index contributed by atoms with van der Waals surface area (Å²) < 4.78 is 0.590. The zero-order valence-electron chi connectivity index (χ0n) is 13.0. The average Bonchev–Trinajstić information content (AvgIpc) is 2.98. The van der Waals surface area contributed by atoms with E-state index in [0.29, 0.717) is 9.21 Å². The van der Waals surface area contributed by atoms with Gasteiger partial charge in [-0.2, -0.15) is 0 Å². The number of carbonyl (C=O) groups is 2. The Labute approximate surface area is 145 Å². The van der Waals surface area contributed by atoms with Crippen molar-refractivity contribution in [1.82, 2.24) is 5.32 Å². The molecule has 0 aliphatic heterocycles. The van der Waals surface area contributed by atoms with Gasteiger partial charge in [-0.15, -0.1) is 11.3 Å². The second-order valence-electron chi connectivity index (χ2n) is 5.52. The molecule has 0 bridgehead atoms. The quantitative estimate of drug-likeness (QED) is 0.713. The zero-order chi connectivity index (χ0) is 16.7. The highest BCUT2D eigenvalue weighted by Crippen LogP contribution is 2.22. The van der Waals surface area contributed by atoms with E-state index in [2.05, 4.69) is 17.4 Å². The van der Waals surface area contributed by atoms with E-state index in [0.717, 1.165) is 12.8 Å². The van der Waals surface area contributed by atoms with Crippen LogP contribution in [0.25, 0.3) is 0 Å². The molecule has 0 spiro atoms. The summed E-state index contributed by atoms with van der Waals surface area (Å²) in [6.07, 6.45) is 2.23. The standard InChI is InChI=1S/C18H20ClNO2S/c1-13(7-8-14-5-3-2-4-6-14)20-18(22)12-9-15(21)16-10-11-17(19)23-16/h2-6,10-11,13H,7-9,12H2,1H3,(H,20,22). The minimum absolute atomic E-state index is 0.0333. The Hall–Kier alpha value is -1.65.